The summed E-state index contributed by atoms with van der Waals surface area (Å²) in [4.78, 5) is 13.3. The van der Waals surface area contributed by atoms with E-state index in [-0.39, 0.29) is 11.9 Å². The highest BCUT2D eigenvalue weighted by Crippen LogP contribution is 2.36. The van der Waals surface area contributed by atoms with Crippen molar-refractivity contribution in [3.05, 3.63) is 23.3 Å². The third kappa shape index (κ3) is 1.48. The second-order valence-corrected chi connectivity index (χ2v) is 4.21. The lowest BCUT2D eigenvalue weighted by Gasteiger charge is -2.20. The predicted octanol–water partition coefficient (Wildman–Crippen LogP) is 2.00. The summed E-state index contributed by atoms with van der Waals surface area (Å²) < 4.78 is 0. The SMILES string of the molecule is CC(=O)N1c2cc(C)c(O)cc2CC1C. The fourth-order valence-electron chi connectivity index (χ4n) is 2.24. The molecule has 0 saturated heterocycles. The maximum atomic E-state index is 11.5. The third-order valence-electron chi connectivity index (χ3n) is 2.95. The minimum atomic E-state index is 0.0614. The largest absolute Gasteiger partial charge is 0.508 e. The van der Waals surface area contributed by atoms with Crippen molar-refractivity contribution in [3.63, 3.8) is 0 Å². The molecule has 0 saturated carbocycles. The third-order valence-corrected chi connectivity index (χ3v) is 2.95. The van der Waals surface area contributed by atoms with Gasteiger partial charge in [0.05, 0.1) is 0 Å². The average Bonchev–Trinajstić information content (AvgIpc) is 2.41. The van der Waals surface area contributed by atoms with Crippen molar-refractivity contribution in [1.29, 1.82) is 0 Å². The smallest absolute Gasteiger partial charge is 0.224 e. The van der Waals surface area contributed by atoms with Crippen LogP contribution < -0.4 is 4.90 Å². The van der Waals surface area contributed by atoms with Gasteiger partial charge in [-0.15, -0.1) is 0 Å². The highest BCUT2D eigenvalue weighted by atomic mass is 16.3. The zero-order valence-electron chi connectivity index (χ0n) is 9.24. The van der Waals surface area contributed by atoms with E-state index in [9.17, 15) is 9.90 Å². The van der Waals surface area contributed by atoms with Gasteiger partial charge in [-0.2, -0.15) is 0 Å². The summed E-state index contributed by atoms with van der Waals surface area (Å²) in [6.45, 7) is 5.44. The number of benzene rings is 1. The monoisotopic (exact) mass is 205 g/mol. The molecule has 1 aromatic carbocycles. The van der Waals surface area contributed by atoms with Gasteiger partial charge in [-0.25, -0.2) is 0 Å². The lowest BCUT2D eigenvalue weighted by Crippen LogP contribution is -2.33. The quantitative estimate of drug-likeness (QED) is 0.703. The van der Waals surface area contributed by atoms with Crippen molar-refractivity contribution in [3.8, 4) is 5.75 Å². The topological polar surface area (TPSA) is 40.5 Å². The molecule has 1 atom stereocenters. The molecule has 80 valence electrons. The highest BCUT2D eigenvalue weighted by molar-refractivity contribution is 5.94. The van der Waals surface area contributed by atoms with Crippen molar-refractivity contribution in [2.75, 3.05) is 4.90 Å². The molecule has 0 aliphatic carbocycles. The lowest BCUT2D eigenvalue weighted by molar-refractivity contribution is -0.116. The number of hydrogen-bond acceptors (Lipinski definition) is 2. The standard InChI is InChI=1S/C12H15NO2/c1-7-4-11-10(6-12(7)15)5-8(2)13(11)9(3)14/h4,6,8,15H,5H2,1-3H3. The van der Waals surface area contributed by atoms with Gasteiger partial charge in [-0.1, -0.05) is 0 Å². The molecule has 1 aliphatic rings. The Morgan fingerprint density at radius 2 is 2.20 bits per heavy atom. The van der Waals surface area contributed by atoms with Gasteiger partial charge >= 0.3 is 0 Å². The lowest BCUT2D eigenvalue weighted by atomic mass is 10.1. The Kier molecular flexibility index (Phi) is 2.18. The van der Waals surface area contributed by atoms with Crippen molar-refractivity contribution >= 4 is 11.6 Å². The Bertz CT molecular complexity index is 426. The molecule has 0 fully saturated rings. The fraction of sp³-hybridized carbons (Fsp3) is 0.417. The Balaban J connectivity index is 2.54. The summed E-state index contributed by atoms with van der Waals surface area (Å²) in [7, 11) is 0. The molecule has 1 aromatic rings. The maximum Gasteiger partial charge on any atom is 0.224 e. The van der Waals surface area contributed by atoms with Crippen LogP contribution in [0.1, 0.15) is 25.0 Å². The molecule has 0 spiro atoms. The Labute approximate surface area is 89.3 Å². The molecule has 2 rings (SSSR count). The number of carbonyl (C=O) groups is 1. The van der Waals surface area contributed by atoms with Gasteiger partial charge in [0.1, 0.15) is 5.75 Å². The van der Waals surface area contributed by atoms with Crippen molar-refractivity contribution < 1.29 is 9.90 Å². The van der Waals surface area contributed by atoms with E-state index in [4.69, 9.17) is 0 Å². The number of hydrogen-bond donors (Lipinski definition) is 1. The van der Waals surface area contributed by atoms with Crippen LogP contribution >= 0.6 is 0 Å². The fourth-order valence-corrected chi connectivity index (χ4v) is 2.24. The molecular formula is C12H15NO2. The van der Waals surface area contributed by atoms with Crippen LogP contribution in [0.4, 0.5) is 5.69 Å². The zero-order valence-corrected chi connectivity index (χ0v) is 9.24. The summed E-state index contributed by atoms with van der Waals surface area (Å²) in [5, 5.41) is 9.59. The Morgan fingerprint density at radius 1 is 1.53 bits per heavy atom. The molecule has 1 aliphatic heterocycles. The second kappa shape index (κ2) is 3.26. The summed E-state index contributed by atoms with van der Waals surface area (Å²) >= 11 is 0. The van der Waals surface area contributed by atoms with Crippen molar-refractivity contribution in [2.24, 2.45) is 0 Å². The average molecular weight is 205 g/mol. The molecule has 0 radical (unpaired) electrons. The normalized spacial score (nSPS) is 19.1. The van der Waals surface area contributed by atoms with Crippen LogP contribution in [0.5, 0.6) is 5.75 Å². The van der Waals surface area contributed by atoms with Crippen molar-refractivity contribution in [1.82, 2.24) is 0 Å². The predicted molar refractivity (Wildman–Crippen MR) is 59.2 cm³/mol. The minimum absolute atomic E-state index is 0.0614. The van der Waals surface area contributed by atoms with E-state index in [1.165, 1.54) is 0 Å². The van der Waals surface area contributed by atoms with E-state index in [0.717, 1.165) is 23.2 Å². The van der Waals surface area contributed by atoms with E-state index in [0.29, 0.717) is 5.75 Å². The summed E-state index contributed by atoms with van der Waals surface area (Å²) in [5.74, 6) is 0.373. The Hall–Kier alpha value is -1.51. The van der Waals surface area contributed by atoms with Crippen LogP contribution in [0, 0.1) is 6.92 Å². The summed E-state index contributed by atoms with van der Waals surface area (Å²) in [6.07, 6.45) is 0.822. The van der Waals surface area contributed by atoms with Gasteiger partial charge in [0.15, 0.2) is 0 Å². The molecule has 15 heavy (non-hydrogen) atoms. The number of aromatic hydroxyl groups is 1. The number of phenolic OH excluding ortho intramolecular Hbond substituents is 1. The van der Waals surface area contributed by atoms with Crippen LogP contribution in [-0.4, -0.2) is 17.1 Å². The van der Waals surface area contributed by atoms with E-state index >= 15 is 0 Å². The van der Waals surface area contributed by atoms with Crippen LogP contribution in [0.25, 0.3) is 0 Å². The number of fused-ring (bicyclic) bond motifs is 1. The van der Waals surface area contributed by atoms with Crippen LogP contribution in [0.15, 0.2) is 12.1 Å². The number of amides is 1. The molecule has 0 bridgehead atoms. The number of nitrogens with zero attached hydrogens (tertiary/aromatic N) is 1. The minimum Gasteiger partial charge on any atom is -0.508 e. The van der Waals surface area contributed by atoms with Gasteiger partial charge in [-0.3, -0.25) is 4.79 Å². The van der Waals surface area contributed by atoms with Gasteiger partial charge in [0, 0.05) is 18.7 Å². The van der Waals surface area contributed by atoms with Crippen LogP contribution in [0.3, 0.4) is 0 Å². The number of phenols is 1. The van der Waals surface area contributed by atoms with Crippen LogP contribution in [-0.2, 0) is 11.2 Å². The summed E-state index contributed by atoms with van der Waals surface area (Å²) in [6, 6.07) is 3.85. The molecule has 1 unspecified atom stereocenters. The van der Waals surface area contributed by atoms with Crippen molar-refractivity contribution in [2.45, 2.75) is 33.2 Å². The Morgan fingerprint density at radius 3 is 2.80 bits per heavy atom. The molecule has 1 heterocycles. The molecule has 1 N–H and O–H groups in total. The zero-order chi connectivity index (χ0) is 11.2. The maximum absolute atomic E-state index is 11.5. The van der Waals surface area contributed by atoms with E-state index < -0.39 is 0 Å². The highest BCUT2D eigenvalue weighted by Gasteiger charge is 2.29. The number of carbonyl (C=O) groups excluding carboxylic acids is 1. The first-order valence-electron chi connectivity index (χ1n) is 5.13. The molecule has 0 aromatic heterocycles. The molecule has 3 heteroatoms. The van der Waals surface area contributed by atoms with Gasteiger partial charge in [0.2, 0.25) is 5.91 Å². The first kappa shape index (κ1) is 10.0. The van der Waals surface area contributed by atoms with Gasteiger partial charge in [0.25, 0.3) is 0 Å². The first-order chi connectivity index (χ1) is 7.00. The molecule has 1 amide bonds. The van der Waals surface area contributed by atoms with Gasteiger partial charge < -0.3 is 10.0 Å². The number of anilines is 1. The van der Waals surface area contributed by atoms with Crippen LogP contribution in [0.2, 0.25) is 0 Å². The number of aryl methyl sites for hydroxylation is 1. The second-order valence-electron chi connectivity index (χ2n) is 4.21. The van der Waals surface area contributed by atoms with E-state index in [1.54, 1.807) is 17.9 Å². The summed E-state index contributed by atoms with van der Waals surface area (Å²) in [5.41, 5.74) is 2.82. The number of rotatable bonds is 0. The van der Waals surface area contributed by atoms with Gasteiger partial charge in [-0.05, 0) is 43.5 Å². The molecule has 3 nitrogen and oxygen atoms in total. The van der Waals surface area contributed by atoms with E-state index in [1.807, 2.05) is 19.9 Å². The molecular weight excluding hydrogens is 190 g/mol. The van der Waals surface area contributed by atoms with E-state index in [2.05, 4.69) is 0 Å². The first-order valence-corrected chi connectivity index (χ1v) is 5.13.